The number of benzene rings is 1. The zero-order valence-corrected chi connectivity index (χ0v) is 15.2. The number of carbonyl (C=O) groups is 1. The Bertz CT molecular complexity index is 1100. The van der Waals surface area contributed by atoms with Crippen LogP contribution in [-0.4, -0.2) is 39.1 Å². The van der Waals surface area contributed by atoms with Crippen molar-refractivity contribution in [2.45, 2.75) is 6.54 Å². The van der Waals surface area contributed by atoms with Gasteiger partial charge in [0.2, 0.25) is 0 Å². The van der Waals surface area contributed by atoms with Crippen LogP contribution in [0.4, 0.5) is 0 Å². The van der Waals surface area contributed by atoms with Crippen molar-refractivity contribution in [2.75, 3.05) is 14.2 Å². The lowest BCUT2D eigenvalue weighted by Crippen LogP contribution is -2.27. The summed E-state index contributed by atoms with van der Waals surface area (Å²) in [5, 5.41) is 4.40. The number of nitrogens with zero attached hydrogens (tertiary/aromatic N) is 4. The number of carbonyl (C=O) groups excluding carboxylic acids is 1. The van der Waals surface area contributed by atoms with Gasteiger partial charge in [-0.05, 0) is 36.4 Å². The predicted octanol–water partition coefficient (Wildman–Crippen LogP) is 3.41. The van der Waals surface area contributed by atoms with Crippen LogP contribution in [0.2, 0.25) is 0 Å². The first-order chi connectivity index (χ1) is 13.2. The quantitative estimate of drug-likeness (QED) is 0.548. The largest absolute Gasteiger partial charge is 0.497 e. The average Bonchev–Trinajstić information content (AvgIpc) is 3.34. The van der Waals surface area contributed by atoms with Gasteiger partial charge in [0, 0.05) is 43.1 Å². The van der Waals surface area contributed by atoms with Crippen molar-refractivity contribution < 1.29 is 9.53 Å². The number of pyridine rings is 1. The number of methoxy groups -OCH3 is 1. The number of rotatable bonds is 5. The van der Waals surface area contributed by atoms with Crippen molar-refractivity contribution in [3.8, 4) is 11.4 Å². The third-order valence-corrected chi connectivity index (χ3v) is 4.50. The van der Waals surface area contributed by atoms with E-state index in [0.29, 0.717) is 12.2 Å². The third kappa shape index (κ3) is 3.29. The Morgan fingerprint density at radius 3 is 2.89 bits per heavy atom. The van der Waals surface area contributed by atoms with Crippen LogP contribution in [0.5, 0.6) is 5.75 Å². The number of hydrogen-bond donors (Lipinski definition) is 0. The van der Waals surface area contributed by atoms with Crippen LogP contribution in [0, 0.1) is 0 Å². The molecule has 0 atom stereocenters. The van der Waals surface area contributed by atoms with Crippen LogP contribution in [0.25, 0.3) is 11.2 Å². The van der Waals surface area contributed by atoms with Crippen LogP contribution in [0.3, 0.4) is 0 Å². The van der Waals surface area contributed by atoms with Gasteiger partial charge in [-0.3, -0.25) is 4.79 Å². The van der Waals surface area contributed by atoms with Gasteiger partial charge in [-0.1, -0.05) is 12.1 Å². The molecule has 1 aromatic carbocycles. The molecular formula is C21H20N4O2. The highest BCUT2D eigenvalue weighted by molar-refractivity contribution is 5.93. The molecule has 0 fully saturated rings. The summed E-state index contributed by atoms with van der Waals surface area (Å²) in [5.41, 5.74) is 3.51. The van der Waals surface area contributed by atoms with Crippen LogP contribution in [-0.2, 0) is 6.54 Å². The Balaban J connectivity index is 1.52. The number of hydrogen-bond acceptors (Lipinski definition) is 3. The van der Waals surface area contributed by atoms with Gasteiger partial charge in [-0.15, -0.1) is 0 Å². The topological polar surface area (TPSA) is 51.8 Å². The second-order valence-electron chi connectivity index (χ2n) is 6.37. The molecule has 6 heteroatoms. The minimum absolute atomic E-state index is 0.0321. The first-order valence-electron chi connectivity index (χ1n) is 8.65. The Morgan fingerprint density at radius 1 is 1.15 bits per heavy atom. The maximum Gasteiger partial charge on any atom is 0.270 e. The van der Waals surface area contributed by atoms with E-state index in [-0.39, 0.29) is 5.91 Å². The molecule has 0 unspecified atom stereocenters. The van der Waals surface area contributed by atoms with Gasteiger partial charge in [0.25, 0.3) is 5.91 Å². The van der Waals surface area contributed by atoms with E-state index >= 15 is 0 Å². The summed E-state index contributed by atoms with van der Waals surface area (Å²) < 4.78 is 8.94. The second kappa shape index (κ2) is 6.99. The molecule has 4 rings (SSSR count). The maximum absolute atomic E-state index is 12.8. The molecule has 0 saturated heterocycles. The summed E-state index contributed by atoms with van der Waals surface area (Å²) in [7, 11) is 3.44. The van der Waals surface area contributed by atoms with Crippen molar-refractivity contribution in [3.05, 3.63) is 84.4 Å². The fourth-order valence-electron chi connectivity index (χ4n) is 3.11. The molecule has 0 aliphatic carbocycles. The number of ether oxygens (including phenoxy) is 1. The number of aromatic nitrogens is 3. The minimum Gasteiger partial charge on any atom is -0.497 e. The van der Waals surface area contributed by atoms with Gasteiger partial charge in [-0.2, -0.15) is 5.10 Å². The highest BCUT2D eigenvalue weighted by Crippen LogP contribution is 2.17. The van der Waals surface area contributed by atoms with Gasteiger partial charge in [0.05, 0.1) is 19.0 Å². The van der Waals surface area contributed by atoms with E-state index in [1.165, 1.54) is 0 Å². The predicted molar refractivity (Wildman–Crippen MR) is 103 cm³/mol. The minimum atomic E-state index is -0.0321. The molecule has 136 valence electrons. The van der Waals surface area contributed by atoms with Gasteiger partial charge in [-0.25, -0.2) is 4.68 Å². The lowest BCUT2D eigenvalue weighted by Gasteiger charge is -2.16. The normalized spacial score (nSPS) is 10.9. The highest BCUT2D eigenvalue weighted by atomic mass is 16.5. The molecule has 0 N–H and O–H groups in total. The summed E-state index contributed by atoms with van der Waals surface area (Å²) in [4.78, 5) is 14.5. The van der Waals surface area contributed by atoms with Crippen molar-refractivity contribution in [1.29, 1.82) is 0 Å². The monoisotopic (exact) mass is 360 g/mol. The summed E-state index contributed by atoms with van der Waals surface area (Å²) in [6.45, 7) is 0.475. The van der Waals surface area contributed by atoms with Gasteiger partial charge in [0.1, 0.15) is 11.4 Å². The van der Waals surface area contributed by atoms with E-state index in [4.69, 9.17) is 4.74 Å². The van der Waals surface area contributed by atoms with Crippen LogP contribution >= 0.6 is 0 Å². The third-order valence-electron chi connectivity index (χ3n) is 4.50. The molecule has 3 heterocycles. The molecule has 1 amide bonds. The Hall–Kier alpha value is -3.54. The van der Waals surface area contributed by atoms with Crippen LogP contribution in [0.15, 0.2) is 73.2 Å². The van der Waals surface area contributed by atoms with Crippen LogP contribution in [0.1, 0.15) is 16.1 Å². The standard InChI is InChI=1S/C21H20N4O2/c1-23(21(26)20-10-9-17-6-3-4-11-24(17)20)14-16-13-22-25(15-16)18-7-5-8-19(12-18)27-2/h3-13,15H,14H2,1-2H3. The fourth-order valence-corrected chi connectivity index (χ4v) is 3.11. The molecule has 0 spiro atoms. The zero-order valence-electron chi connectivity index (χ0n) is 15.2. The first kappa shape index (κ1) is 16.9. The lowest BCUT2D eigenvalue weighted by atomic mass is 10.3. The summed E-state index contributed by atoms with van der Waals surface area (Å²) in [6, 6.07) is 17.3. The van der Waals surface area contributed by atoms with Gasteiger partial charge < -0.3 is 14.0 Å². The smallest absolute Gasteiger partial charge is 0.270 e. The van der Waals surface area contributed by atoms with E-state index in [2.05, 4.69) is 5.10 Å². The molecule has 0 saturated carbocycles. The van der Waals surface area contributed by atoms with Crippen molar-refractivity contribution in [1.82, 2.24) is 19.1 Å². The van der Waals surface area contributed by atoms with Crippen molar-refractivity contribution >= 4 is 11.4 Å². The molecule has 0 bridgehead atoms. The number of amides is 1. The van der Waals surface area contributed by atoms with E-state index in [9.17, 15) is 4.79 Å². The maximum atomic E-state index is 12.8. The Morgan fingerprint density at radius 2 is 2.04 bits per heavy atom. The Labute approximate surface area is 157 Å². The highest BCUT2D eigenvalue weighted by Gasteiger charge is 2.16. The molecule has 6 nitrogen and oxygen atoms in total. The van der Waals surface area contributed by atoms with Gasteiger partial charge in [0.15, 0.2) is 0 Å². The van der Waals surface area contributed by atoms with Crippen molar-refractivity contribution in [3.63, 3.8) is 0 Å². The SMILES string of the molecule is COc1cccc(-n2cc(CN(C)C(=O)c3ccc4ccccn34)cn2)c1. The molecule has 27 heavy (non-hydrogen) atoms. The second-order valence-corrected chi connectivity index (χ2v) is 6.37. The summed E-state index contributed by atoms with van der Waals surface area (Å²) >= 11 is 0. The summed E-state index contributed by atoms with van der Waals surface area (Å²) in [6.07, 6.45) is 5.60. The van der Waals surface area contributed by atoms with E-state index in [1.54, 1.807) is 29.9 Å². The lowest BCUT2D eigenvalue weighted by molar-refractivity contribution is 0.0778. The molecule has 0 radical (unpaired) electrons. The van der Waals surface area contributed by atoms with Crippen LogP contribution < -0.4 is 4.74 Å². The van der Waals surface area contributed by atoms with Gasteiger partial charge >= 0.3 is 0 Å². The summed E-state index contributed by atoms with van der Waals surface area (Å²) in [5.74, 6) is 0.743. The zero-order chi connectivity index (χ0) is 18.8. The molecule has 4 aromatic rings. The fraction of sp³-hybridized carbons (Fsp3) is 0.143. The van der Waals surface area contributed by atoms with Crippen molar-refractivity contribution in [2.24, 2.45) is 0 Å². The molecule has 3 aromatic heterocycles. The molecular weight excluding hydrogens is 340 g/mol. The molecule has 0 aliphatic rings. The Kier molecular flexibility index (Phi) is 4.38. The molecule has 0 aliphatic heterocycles. The first-order valence-corrected chi connectivity index (χ1v) is 8.65. The average molecular weight is 360 g/mol. The number of fused-ring (bicyclic) bond motifs is 1. The van der Waals surface area contributed by atoms with E-state index in [1.807, 2.05) is 71.4 Å². The van der Waals surface area contributed by atoms with E-state index in [0.717, 1.165) is 22.5 Å². The van der Waals surface area contributed by atoms with E-state index < -0.39 is 0 Å².